The Balaban J connectivity index is 2.16. The fourth-order valence-corrected chi connectivity index (χ4v) is 5.55. The van der Waals surface area contributed by atoms with Crippen molar-refractivity contribution in [1.29, 1.82) is 0 Å². The van der Waals surface area contributed by atoms with Crippen molar-refractivity contribution >= 4 is 20.0 Å². The highest BCUT2D eigenvalue weighted by molar-refractivity contribution is 7.90. The van der Waals surface area contributed by atoms with E-state index in [0.29, 0.717) is 0 Å². The lowest BCUT2D eigenvalue weighted by atomic mass is 10.2. The molecule has 0 unspecified atom stereocenters. The number of methoxy groups -OCH3 is 2. The lowest BCUT2D eigenvalue weighted by Gasteiger charge is -2.17. The van der Waals surface area contributed by atoms with Gasteiger partial charge in [0.25, 0.3) is 0 Å². The molecule has 0 aromatic heterocycles. The van der Waals surface area contributed by atoms with E-state index in [1.54, 1.807) is 45.0 Å². The molecule has 0 amide bonds. The summed E-state index contributed by atoms with van der Waals surface area (Å²) in [4.78, 5) is -0.00882. The topological polar surface area (TPSA) is 111 Å². The van der Waals surface area contributed by atoms with Gasteiger partial charge in [0.15, 0.2) is 0 Å². The average Bonchev–Trinajstić information content (AvgIpc) is 2.66. The summed E-state index contributed by atoms with van der Waals surface area (Å²) in [6.45, 7) is 4.96. The lowest BCUT2D eigenvalue weighted by Crippen LogP contribution is -2.41. The smallest absolute Gasteiger partial charge is 0.244 e. The third kappa shape index (κ3) is 5.69. The molecular formula is C19H26N2O6S2. The molecule has 8 nitrogen and oxygen atoms in total. The Bertz CT molecular complexity index is 1080. The van der Waals surface area contributed by atoms with Crippen LogP contribution >= 0.6 is 0 Å². The minimum atomic E-state index is -3.91. The maximum atomic E-state index is 12.7. The molecule has 0 bridgehead atoms. The third-order valence-corrected chi connectivity index (χ3v) is 7.21. The molecule has 2 aromatic rings. The van der Waals surface area contributed by atoms with Gasteiger partial charge >= 0.3 is 0 Å². The monoisotopic (exact) mass is 442 g/mol. The van der Waals surface area contributed by atoms with Crippen LogP contribution < -0.4 is 18.9 Å². The second kappa shape index (κ2) is 9.12. The predicted octanol–water partition coefficient (Wildman–Crippen LogP) is 1.97. The van der Waals surface area contributed by atoms with Crippen molar-refractivity contribution in [2.45, 2.75) is 36.6 Å². The molecule has 0 heterocycles. The van der Waals surface area contributed by atoms with Crippen LogP contribution in [0.2, 0.25) is 0 Å². The van der Waals surface area contributed by atoms with E-state index in [1.165, 1.54) is 26.4 Å². The van der Waals surface area contributed by atoms with Crippen LogP contribution in [0.1, 0.15) is 18.1 Å². The minimum absolute atomic E-state index is 0.00425. The summed E-state index contributed by atoms with van der Waals surface area (Å²) in [5.74, 6) is 0.418. The third-order valence-electron chi connectivity index (χ3n) is 4.15. The standard InChI is InChI=1S/C19H26N2O6S2/c1-13-6-8-16(26-4)18(10-13)28(22,23)20-12-15(3)21-29(24,25)19-11-14(2)7-9-17(19)27-5/h6-11,15,20-21H,12H2,1-5H3/t15-/m0/s1. The van der Waals surface area contributed by atoms with Crippen molar-refractivity contribution in [3.8, 4) is 11.5 Å². The lowest BCUT2D eigenvalue weighted by molar-refractivity contribution is 0.401. The quantitative estimate of drug-likeness (QED) is 0.614. The van der Waals surface area contributed by atoms with Crippen LogP contribution in [-0.2, 0) is 20.0 Å². The number of nitrogens with one attached hydrogen (secondary N) is 2. The Morgan fingerprint density at radius 3 is 1.72 bits per heavy atom. The number of sulfonamides is 2. The zero-order valence-corrected chi connectivity index (χ0v) is 18.6. The normalized spacial score (nSPS) is 13.1. The van der Waals surface area contributed by atoms with E-state index < -0.39 is 26.1 Å². The molecule has 29 heavy (non-hydrogen) atoms. The van der Waals surface area contributed by atoms with Gasteiger partial charge in [-0.15, -0.1) is 0 Å². The van der Waals surface area contributed by atoms with Crippen LogP contribution in [0.3, 0.4) is 0 Å². The van der Waals surface area contributed by atoms with Crippen molar-refractivity contribution in [2.24, 2.45) is 0 Å². The zero-order chi connectivity index (χ0) is 21.8. The first kappa shape index (κ1) is 23.1. The number of benzene rings is 2. The molecular weight excluding hydrogens is 416 g/mol. The van der Waals surface area contributed by atoms with E-state index >= 15 is 0 Å². The summed E-state index contributed by atoms with van der Waals surface area (Å²) < 4.78 is 65.9. The Morgan fingerprint density at radius 1 is 0.828 bits per heavy atom. The minimum Gasteiger partial charge on any atom is -0.495 e. The molecule has 160 valence electrons. The van der Waals surface area contributed by atoms with Gasteiger partial charge in [-0.1, -0.05) is 12.1 Å². The van der Waals surface area contributed by atoms with Crippen molar-refractivity contribution in [2.75, 3.05) is 20.8 Å². The summed E-state index contributed by atoms with van der Waals surface area (Å²) in [5, 5.41) is 0. The molecule has 2 N–H and O–H groups in total. The second-order valence-electron chi connectivity index (χ2n) is 6.68. The Hall–Kier alpha value is -2.14. The number of aryl methyl sites for hydroxylation is 2. The van der Waals surface area contributed by atoms with Gasteiger partial charge in [0, 0.05) is 12.6 Å². The Labute approximate surface area is 172 Å². The highest BCUT2D eigenvalue weighted by atomic mass is 32.2. The van der Waals surface area contributed by atoms with Crippen LogP contribution in [0.5, 0.6) is 11.5 Å². The molecule has 2 aromatic carbocycles. The van der Waals surface area contributed by atoms with Crippen LogP contribution in [0, 0.1) is 13.8 Å². The fraction of sp³-hybridized carbons (Fsp3) is 0.368. The van der Waals surface area contributed by atoms with E-state index in [2.05, 4.69) is 9.44 Å². The fourth-order valence-electron chi connectivity index (χ4n) is 2.67. The van der Waals surface area contributed by atoms with Crippen LogP contribution in [0.4, 0.5) is 0 Å². The number of hydrogen-bond acceptors (Lipinski definition) is 6. The van der Waals surface area contributed by atoms with Crippen molar-refractivity contribution in [1.82, 2.24) is 9.44 Å². The number of rotatable bonds is 9. The molecule has 0 spiro atoms. The zero-order valence-electron chi connectivity index (χ0n) is 17.0. The highest BCUT2D eigenvalue weighted by Gasteiger charge is 2.24. The Kier molecular flexibility index (Phi) is 7.28. The van der Waals surface area contributed by atoms with Gasteiger partial charge in [-0.3, -0.25) is 0 Å². The molecule has 0 radical (unpaired) electrons. The van der Waals surface area contributed by atoms with Gasteiger partial charge in [0.05, 0.1) is 14.2 Å². The summed E-state index contributed by atoms with van der Waals surface area (Å²) in [6, 6.07) is 8.90. The van der Waals surface area contributed by atoms with Crippen molar-refractivity contribution in [3.05, 3.63) is 47.5 Å². The largest absolute Gasteiger partial charge is 0.495 e. The maximum absolute atomic E-state index is 12.7. The van der Waals surface area contributed by atoms with Gasteiger partial charge in [0.1, 0.15) is 21.3 Å². The highest BCUT2D eigenvalue weighted by Crippen LogP contribution is 2.26. The molecule has 2 rings (SSSR count). The van der Waals surface area contributed by atoms with Gasteiger partial charge in [-0.2, -0.15) is 0 Å². The molecule has 0 aliphatic heterocycles. The maximum Gasteiger partial charge on any atom is 0.244 e. The van der Waals surface area contributed by atoms with Crippen LogP contribution in [0.25, 0.3) is 0 Å². The SMILES string of the molecule is COc1ccc(C)cc1S(=O)(=O)NC[C@H](C)NS(=O)(=O)c1cc(C)ccc1OC. The van der Waals surface area contributed by atoms with Gasteiger partial charge in [0.2, 0.25) is 20.0 Å². The molecule has 0 aliphatic carbocycles. The Morgan fingerprint density at radius 2 is 1.28 bits per heavy atom. The molecule has 0 saturated carbocycles. The molecule has 0 fully saturated rings. The summed E-state index contributed by atoms with van der Waals surface area (Å²) >= 11 is 0. The van der Waals surface area contributed by atoms with Crippen LogP contribution in [0.15, 0.2) is 46.2 Å². The van der Waals surface area contributed by atoms with E-state index in [0.717, 1.165) is 11.1 Å². The first-order valence-electron chi connectivity index (χ1n) is 8.81. The predicted molar refractivity (Wildman–Crippen MR) is 110 cm³/mol. The van der Waals surface area contributed by atoms with E-state index in [-0.39, 0.29) is 27.8 Å². The first-order valence-corrected chi connectivity index (χ1v) is 11.8. The first-order chi connectivity index (χ1) is 13.5. The number of hydrogen-bond donors (Lipinski definition) is 2. The summed E-state index contributed by atoms with van der Waals surface area (Å²) in [7, 11) is -5.04. The second-order valence-corrected chi connectivity index (χ2v) is 10.1. The van der Waals surface area contributed by atoms with Gasteiger partial charge in [-0.25, -0.2) is 26.3 Å². The molecule has 10 heteroatoms. The van der Waals surface area contributed by atoms with Crippen LogP contribution in [-0.4, -0.2) is 43.6 Å². The van der Waals surface area contributed by atoms with E-state index in [1.807, 2.05) is 0 Å². The molecule has 0 aliphatic rings. The van der Waals surface area contributed by atoms with Crippen molar-refractivity contribution in [3.63, 3.8) is 0 Å². The van der Waals surface area contributed by atoms with Gasteiger partial charge in [-0.05, 0) is 56.2 Å². The van der Waals surface area contributed by atoms with E-state index in [9.17, 15) is 16.8 Å². The molecule has 1 atom stereocenters. The van der Waals surface area contributed by atoms with Crippen molar-refractivity contribution < 1.29 is 26.3 Å². The molecule has 0 saturated heterocycles. The average molecular weight is 443 g/mol. The van der Waals surface area contributed by atoms with Gasteiger partial charge < -0.3 is 9.47 Å². The summed E-state index contributed by atoms with van der Waals surface area (Å²) in [6.07, 6.45) is 0. The van der Waals surface area contributed by atoms with E-state index in [4.69, 9.17) is 9.47 Å². The summed E-state index contributed by atoms with van der Waals surface area (Å²) in [5.41, 5.74) is 1.51. The number of ether oxygens (including phenoxy) is 2.